The van der Waals surface area contributed by atoms with Crippen molar-refractivity contribution in [2.24, 2.45) is 5.73 Å². The minimum atomic E-state index is -1.30. The predicted octanol–water partition coefficient (Wildman–Crippen LogP) is 2.17. The molecule has 3 rings (SSSR count). The third-order valence-corrected chi connectivity index (χ3v) is 4.07. The molecule has 0 spiro atoms. The highest BCUT2D eigenvalue weighted by atomic mass is 16.7. The first kappa shape index (κ1) is 20.6. The summed E-state index contributed by atoms with van der Waals surface area (Å²) in [6.45, 7) is 2.92. The van der Waals surface area contributed by atoms with Crippen LogP contribution in [0.4, 0.5) is 11.4 Å². The molecule has 2 aromatic carbocycles. The molecule has 0 radical (unpaired) electrons. The second-order valence-electron chi connectivity index (χ2n) is 6.85. The number of nitrogens with one attached hydrogen (secondary N) is 2. The fraction of sp³-hybridized carbons (Fsp3) is 0.143. The summed E-state index contributed by atoms with van der Waals surface area (Å²) in [4.78, 5) is 47.2. The van der Waals surface area contributed by atoms with E-state index in [9.17, 15) is 19.2 Å². The van der Waals surface area contributed by atoms with Gasteiger partial charge in [0.15, 0.2) is 5.57 Å². The molecular formula is C21H19N3O6. The molecule has 4 N–H and O–H groups in total. The van der Waals surface area contributed by atoms with Gasteiger partial charge < -0.3 is 25.8 Å². The summed E-state index contributed by atoms with van der Waals surface area (Å²) in [6.07, 6.45) is 1.19. The lowest BCUT2D eigenvalue weighted by Gasteiger charge is -2.29. The van der Waals surface area contributed by atoms with E-state index in [0.717, 1.165) is 0 Å². The van der Waals surface area contributed by atoms with E-state index in [2.05, 4.69) is 10.6 Å². The van der Waals surface area contributed by atoms with Gasteiger partial charge in [0.05, 0.1) is 0 Å². The lowest BCUT2D eigenvalue weighted by atomic mass is 10.1. The van der Waals surface area contributed by atoms with E-state index < -0.39 is 23.6 Å². The van der Waals surface area contributed by atoms with Crippen molar-refractivity contribution >= 4 is 35.1 Å². The van der Waals surface area contributed by atoms with Gasteiger partial charge in [0.25, 0.3) is 11.7 Å². The van der Waals surface area contributed by atoms with Crippen LogP contribution in [0.1, 0.15) is 34.6 Å². The van der Waals surface area contributed by atoms with Crippen LogP contribution in [0.2, 0.25) is 0 Å². The van der Waals surface area contributed by atoms with Gasteiger partial charge >= 0.3 is 11.9 Å². The zero-order valence-corrected chi connectivity index (χ0v) is 16.2. The van der Waals surface area contributed by atoms with Crippen LogP contribution in [0.5, 0.6) is 0 Å². The Morgan fingerprint density at radius 3 is 1.90 bits per heavy atom. The van der Waals surface area contributed by atoms with E-state index in [4.69, 9.17) is 15.2 Å². The van der Waals surface area contributed by atoms with Crippen LogP contribution >= 0.6 is 0 Å². The maximum absolute atomic E-state index is 12.3. The molecule has 9 nitrogen and oxygen atoms in total. The number of primary amides is 1. The SMILES string of the molecule is CC1(C)OC(=O)C(=CNc2ccc(C(=O)Nc3ccc(C(N)=O)cc3)cc2)C(=O)O1. The number of ether oxygens (including phenoxy) is 2. The van der Waals surface area contributed by atoms with Gasteiger partial charge in [-0.3, -0.25) is 9.59 Å². The fourth-order valence-electron chi connectivity index (χ4n) is 2.57. The fourth-order valence-corrected chi connectivity index (χ4v) is 2.57. The predicted molar refractivity (Wildman–Crippen MR) is 107 cm³/mol. The number of esters is 2. The molecule has 0 aromatic heterocycles. The molecular weight excluding hydrogens is 390 g/mol. The first-order valence-electron chi connectivity index (χ1n) is 8.89. The van der Waals surface area contributed by atoms with Gasteiger partial charge in [-0.2, -0.15) is 0 Å². The molecule has 1 saturated heterocycles. The van der Waals surface area contributed by atoms with E-state index in [-0.39, 0.29) is 11.5 Å². The molecule has 2 aromatic rings. The smallest absolute Gasteiger partial charge is 0.350 e. The second-order valence-corrected chi connectivity index (χ2v) is 6.85. The van der Waals surface area contributed by atoms with E-state index in [1.54, 1.807) is 36.4 Å². The Morgan fingerprint density at radius 2 is 1.37 bits per heavy atom. The number of rotatable bonds is 5. The zero-order chi connectivity index (χ0) is 21.9. The Kier molecular flexibility index (Phi) is 5.54. The van der Waals surface area contributed by atoms with Crippen LogP contribution in [0.15, 0.2) is 60.3 Å². The Morgan fingerprint density at radius 1 is 0.867 bits per heavy atom. The summed E-state index contributed by atoms with van der Waals surface area (Å²) < 4.78 is 10.0. The van der Waals surface area contributed by atoms with Crippen molar-refractivity contribution in [1.29, 1.82) is 0 Å². The van der Waals surface area contributed by atoms with Gasteiger partial charge in [0.2, 0.25) is 5.91 Å². The molecule has 0 bridgehead atoms. The maximum Gasteiger partial charge on any atom is 0.350 e. The zero-order valence-electron chi connectivity index (χ0n) is 16.2. The summed E-state index contributed by atoms with van der Waals surface area (Å²) in [7, 11) is 0. The summed E-state index contributed by atoms with van der Waals surface area (Å²) in [6, 6.07) is 12.5. The Hall–Kier alpha value is -4.14. The summed E-state index contributed by atoms with van der Waals surface area (Å²) in [5.41, 5.74) is 6.68. The standard InChI is InChI=1S/C21H19N3O6/c1-21(2)29-19(27)16(20(28)30-21)11-23-14-7-5-13(6-8-14)18(26)24-15-9-3-12(4-10-15)17(22)25/h3-11,23H,1-2H3,(H2,22,25)(H,24,26). The molecule has 9 heteroatoms. The highest BCUT2D eigenvalue weighted by molar-refractivity contribution is 6.15. The van der Waals surface area contributed by atoms with Crippen molar-refractivity contribution in [3.05, 3.63) is 71.4 Å². The molecule has 1 fully saturated rings. The van der Waals surface area contributed by atoms with Crippen molar-refractivity contribution in [3.63, 3.8) is 0 Å². The van der Waals surface area contributed by atoms with Crippen molar-refractivity contribution in [2.45, 2.75) is 19.6 Å². The van der Waals surface area contributed by atoms with E-state index in [1.165, 1.54) is 32.2 Å². The molecule has 2 amide bonds. The van der Waals surface area contributed by atoms with Crippen LogP contribution in [-0.4, -0.2) is 29.5 Å². The molecule has 0 saturated carbocycles. The van der Waals surface area contributed by atoms with Crippen molar-refractivity contribution in [2.75, 3.05) is 10.6 Å². The third-order valence-electron chi connectivity index (χ3n) is 4.07. The molecule has 1 heterocycles. The molecule has 0 aliphatic carbocycles. The van der Waals surface area contributed by atoms with Crippen LogP contribution in [0, 0.1) is 0 Å². The molecule has 0 unspecified atom stereocenters. The molecule has 30 heavy (non-hydrogen) atoms. The molecule has 1 aliphatic heterocycles. The summed E-state index contributed by atoms with van der Waals surface area (Å²) in [5.74, 6) is -3.79. The van der Waals surface area contributed by atoms with Crippen molar-refractivity contribution in [1.82, 2.24) is 0 Å². The first-order chi connectivity index (χ1) is 14.1. The van der Waals surface area contributed by atoms with Gasteiger partial charge in [-0.15, -0.1) is 0 Å². The average molecular weight is 409 g/mol. The van der Waals surface area contributed by atoms with Gasteiger partial charge in [-0.1, -0.05) is 0 Å². The monoisotopic (exact) mass is 409 g/mol. The Balaban J connectivity index is 1.63. The highest BCUT2D eigenvalue weighted by Crippen LogP contribution is 2.23. The largest absolute Gasteiger partial charge is 0.419 e. The minimum absolute atomic E-state index is 0.268. The van der Waals surface area contributed by atoms with E-state index in [0.29, 0.717) is 22.5 Å². The number of hydrogen-bond acceptors (Lipinski definition) is 7. The number of benzene rings is 2. The minimum Gasteiger partial charge on any atom is -0.419 e. The number of carbonyl (C=O) groups is 4. The van der Waals surface area contributed by atoms with Crippen LogP contribution in [0.3, 0.4) is 0 Å². The lowest BCUT2D eigenvalue weighted by Crippen LogP contribution is -2.42. The van der Waals surface area contributed by atoms with E-state index >= 15 is 0 Å². The molecule has 0 atom stereocenters. The number of amides is 2. The average Bonchev–Trinajstić information content (AvgIpc) is 2.67. The lowest BCUT2D eigenvalue weighted by molar-refractivity contribution is -0.222. The number of hydrogen-bond donors (Lipinski definition) is 3. The van der Waals surface area contributed by atoms with Gasteiger partial charge in [-0.25, -0.2) is 9.59 Å². The second kappa shape index (κ2) is 8.08. The van der Waals surface area contributed by atoms with Gasteiger partial charge in [-0.05, 0) is 48.5 Å². The number of cyclic esters (lactones) is 2. The quantitative estimate of drug-likeness (QED) is 0.391. The topological polar surface area (TPSA) is 137 Å². The maximum atomic E-state index is 12.3. The van der Waals surface area contributed by atoms with Crippen molar-refractivity contribution < 1.29 is 28.7 Å². The number of carbonyl (C=O) groups excluding carboxylic acids is 4. The van der Waals surface area contributed by atoms with Gasteiger partial charge in [0, 0.05) is 42.5 Å². The highest BCUT2D eigenvalue weighted by Gasteiger charge is 2.38. The van der Waals surface area contributed by atoms with Crippen LogP contribution < -0.4 is 16.4 Å². The normalized spacial score (nSPS) is 14.9. The first-order valence-corrected chi connectivity index (χ1v) is 8.89. The van der Waals surface area contributed by atoms with Gasteiger partial charge in [0.1, 0.15) is 0 Å². The number of nitrogens with two attached hydrogens (primary N) is 1. The Bertz CT molecular complexity index is 1020. The molecule has 154 valence electrons. The Labute approximate surface area is 171 Å². The van der Waals surface area contributed by atoms with Crippen molar-refractivity contribution in [3.8, 4) is 0 Å². The van der Waals surface area contributed by atoms with Crippen LogP contribution in [0.25, 0.3) is 0 Å². The third kappa shape index (κ3) is 4.82. The van der Waals surface area contributed by atoms with Crippen LogP contribution in [-0.2, 0) is 19.1 Å². The van der Waals surface area contributed by atoms with E-state index in [1.807, 2.05) is 0 Å². The summed E-state index contributed by atoms with van der Waals surface area (Å²) >= 11 is 0. The number of anilines is 2. The molecule has 1 aliphatic rings. The summed E-state index contributed by atoms with van der Waals surface area (Å²) in [5, 5.41) is 5.50.